The second kappa shape index (κ2) is 8.93. The van der Waals surface area contributed by atoms with Crippen molar-refractivity contribution < 1.29 is 8.78 Å². The number of nitrogens with one attached hydrogen (secondary N) is 2. The highest BCUT2D eigenvalue weighted by molar-refractivity contribution is 14.0. The Morgan fingerprint density at radius 3 is 2.58 bits per heavy atom. The number of guanidine groups is 1. The summed E-state index contributed by atoms with van der Waals surface area (Å²) in [7, 11) is 3.57. The molecule has 0 amide bonds. The molecule has 8 heteroatoms. The number of hydrogen-bond donors (Lipinski definition) is 2. The van der Waals surface area contributed by atoms with Gasteiger partial charge in [-0.2, -0.15) is 0 Å². The van der Waals surface area contributed by atoms with Gasteiger partial charge in [0.25, 0.3) is 0 Å². The Labute approximate surface area is 167 Å². The van der Waals surface area contributed by atoms with E-state index in [-0.39, 0.29) is 36.1 Å². The summed E-state index contributed by atoms with van der Waals surface area (Å²) in [5.41, 5.74) is 2.21. The predicted octanol–water partition coefficient (Wildman–Crippen LogP) is 3.33. The molecule has 1 aromatic heterocycles. The molecule has 0 spiro atoms. The maximum atomic E-state index is 13.7. The van der Waals surface area contributed by atoms with Crippen LogP contribution in [0.4, 0.5) is 8.78 Å². The van der Waals surface area contributed by atoms with Gasteiger partial charge in [-0.1, -0.05) is 12.1 Å². The molecule has 0 saturated carbocycles. The first-order valence-electron chi connectivity index (χ1n) is 7.87. The molecule has 2 N–H and O–H groups in total. The van der Waals surface area contributed by atoms with Gasteiger partial charge < -0.3 is 15.2 Å². The normalized spacial score (nSPS) is 11.3. The average Bonchev–Trinajstić information content (AvgIpc) is 2.94. The Morgan fingerprint density at radius 2 is 1.85 bits per heavy atom. The molecule has 3 aromatic rings. The number of aliphatic imine (C=N–C) groups is 1. The lowest BCUT2D eigenvalue weighted by molar-refractivity contribution is 0.581. The summed E-state index contributed by atoms with van der Waals surface area (Å²) in [6, 6.07) is 11.3. The molecular weight excluding hydrogens is 451 g/mol. The summed E-state index contributed by atoms with van der Waals surface area (Å²) in [5.74, 6) is 0.400. The minimum atomic E-state index is -0.471. The van der Waals surface area contributed by atoms with Crippen molar-refractivity contribution in [2.75, 3.05) is 7.05 Å². The van der Waals surface area contributed by atoms with Gasteiger partial charge in [-0.3, -0.25) is 4.99 Å². The van der Waals surface area contributed by atoms with Gasteiger partial charge >= 0.3 is 0 Å². The van der Waals surface area contributed by atoms with Crippen LogP contribution in [-0.4, -0.2) is 22.6 Å². The Hall–Kier alpha value is -2.23. The number of rotatable bonds is 4. The third-order valence-corrected chi connectivity index (χ3v) is 3.97. The van der Waals surface area contributed by atoms with Crippen LogP contribution in [0.5, 0.6) is 0 Å². The molecule has 2 aromatic carbocycles. The topological polar surface area (TPSA) is 54.2 Å². The van der Waals surface area contributed by atoms with Crippen LogP contribution in [0.25, 0.3) is 11.0 Å². The predicted molar refractivity (Wildman–Crippen MR) is 110 cm³/mol. The highest BCUT2D eigenvalue weighted by Gasteiger charge is 2.09. The van der Waals surface area contributed by atoms with Crippen molar-refractivity contribution in [1.82, 2.24) is 20.2 Å². The van der Waals surface area contributed by atoms with Crippen LogP contribution in [0.15, 0.2) is 47.5 Å². The molecule has 0 aliphatic carbocycles. The monoisotopic (exact) mass is 471 g/mol. The van der Waals surface area contributed by atoms with E-state index in [2.05, 4.69) is 20.6 Å². The smallest absolute Gasteiger partial charge is 0.191 e. The van der Waals surface area contributed by atoms with Gasteiger partial charge in [0, 0.05) is 26.2 Å². The Morgan fingerprint density at radius 1 is 1.12 bits per heavy atom. The van der Waals surface area contributed by atoms with Crippen molar-refractivity contribution in [2.24, 2.45) is 12.0 Å². The molecule has 0 saturated heterocycles. The maximum Gasteiger partial charge on any atom is 0.191 e. The quantitative estimate of drug-likeness (QED) is 0.349. The third-order valence-electron chi connectivity index (χ3n) is 3.97. The second-order valence-electron chi connectivity index (χ2n) is 5.59. The number of fused-ring (bicyclic) bond motifs is 1. The number of nitrogens with zero attached hydrogens (tertiary/aromatic N) is 3. The summed E-state index contributed by atoms with van der Waals surface area (Å²) < 4.78 is 28.9. The summed E-state index contributed by atoms with van der Waals surface area (Å²) >= 11 is 0. The fourth-order valence-corrected chi connectivity index (χ4v) is 2.59. The Balaban J connectivity index is 0.00000243. The molecule has 0 fully saturated rings. The van der Waals surface area contributed by atoms with Crippen molar-refractivity contribution in [1.29, 1.82) is 0 Å². The molecule has 138 valence electrons. The zero-order chi connectivity index (χ0) is 17.8. The van der Waals surface area contributed by atoms with Gasteiger partial charge in [0.2, 0.25) is 0 Å². The number of hydrogen-bond acceptors (Lipinski definition) is 2. The lowest BCUT2D eigenvalue weighted by Crippen LogP contribution is -2.37. The van der Waals surface area contributed by atoms with Crippen LogP contribution in [0, 0.1) is 11.6 Å². The maximum absolute atomic E-state index is 13.7. The lowest BCUT2D eigenvalue weighted by Gasteiger charge is -2.12. The van der Waals surface area contributed by atoms with Crippen LogP contribution in [-0.2, 0) is 20.1 Å². The third kappa shape index (κ3) is 4.48. The van der Waals surface area contributed by atoms with Gasteiger partial charge in [-0.25, -0.2) is 13.8 Å². The molecule has 0 unspecified atom stereocenters. The van der Waals surface area contributed by atoms with Crippen LogP contribution in [0.2, 0.25) is 0 Å². The van der Waals surface area contributed by atoms with E-state index >= 15 is 0 Å². The van der Waals surface area contributed by atoms with E-state index in [1.165, 1.54) is 6.07 Å². The Bertz CT molecular complexity index is 923. The highest BCUT2D eigenvalue weighted by Crippen LogP contribution is 2.14. The van der Waals surface area contributed by atoms with Gasteiger partial charge in [0.05, 0.1) is 17.6 Å². The largest absolute Gasteiger partial charge is 0.352 e. The molecule has 0 aliphatic heterocycles. The minimum absolute atomic E-state index is 0. The van der Waals surface area contributed by atoms with Crippen molar-refractivity contribution in [3.05, 3.63) is 65.5 Å². The lowest BCUT2D eigenvalue weighted by atomic mass is 10.2. The molecule has 1 heterocycles. The zero-order valence-electron chi connectivity index (χ0n) is 14.5. The number of imidazole rings is 1. The summed E-state index contributed by atoms with van der Waals surface area (Å²) in [6.07, 6.45) is 0. The first kappa shape index (κ1) is 20.1. The van der Waals surface area contributed by atoms with E-state index in [0.29, 0.717) is 12.5 Å². The SMILES string of the molecule is CN=C(NCc1cc(F)ccc1F)NCc1nc2ccccc2n1C.I. The summed E-state index contributed by atoms with van der Waals surface area (Å²) in [6.45, 7) is 0.586. The first-order valence-corrected chi connectivity index (χ1v) is 7.87. The number of para-hydroxylation sites is 2. The van der Waals surface area contributed by atoms with E-state index in [4.69, 9.17) is 0 Å². The summed E-state index contributed by atoms with van der Waals surface area (Å²) in [5, 5.41) is 6.10. The van der Waals surface area contributed by atoms with Crippen LogP contribution >= 0.6 is 24.0 Å². The van der Waals surface area contributed by atoms with Gasteiger partial charge in [-0.15, -0.1) is 24.0 Å². The highest BCUT2D eigenvalue weighted by atomic mass is 127. The van der Waals surface area contributed by atoms with E-state index in [1.54, 1.807) is 7.05 Å². The molecule has 0 radical (unpaired) electrons. The van der Waals surface area contributed by atoms with Crippen molar-refractivity contribution in [3.8, 4) is 0 Å². The zero-order valence-corrected chi connectivity index (χ0v) is 16.8. The van der Waals surface area contributed by atoms with Crippen LogP contribution < -0.4 is 10.6 Å². The number of aromatic nitrogens is 2. The number of benzene rings is 2. The van der Waals surface area contributed by atoms with Crippen molar-refractivity contribution in [3.63, 3.8) is 0 Å². The first-order chi connectivity index (χ1) is 12.1. The van der Waals surface area contributed by atoms with Crippen LogP contribution in [0.1, 0.15) is 11.4 Å². The van der Waals surface area contributed by atoms with Crippen LogP contribution in [0.3, 0.4) is 0 Å². The van der Waals surface area contributed by atoms with E-state index < -0.39 is 11.6 Å². The second-order valence-corrected chi connectivity index (χ2v) is 5.59. The standard InChI is InChI=1S/C18H19F2N5.HI/c1-21-18(22-10-12-9-13(19)7-8-14(12)20)23-11-17-24-15-5-3-4-6-16(15)25(17)2;/h3-9H,10-11H2,1-2H3,(H2,21,22,23);1H. The van der Waals surface area contributed by atoms with Gasteiger partial charge in [-0.05, 0) is 30.3 Å². The van der Waals surface area contributed by atoms with Crippen molar-refractivity contribution in [2.45, 2.75) is 13.1 Å². The minimum Gasteiger partial charge on any atom is -0.352 e. The van der Waals surface area contributed by atoms with E-state index in [9.17, 15) is 8.78 Å². The fourth-order valence-electron chi connectivity index (χ4n) is 2.59. The molecule has 0 atom stereocenters. The molecule has 5 nitrogen and oxygen atoms in total. The number of aryl methyl sites for hydroxylation is 1. The van der Waals surface area contributed by atoms with Crippen molar-refractivity contribution >= 4 is 41.0 Å². The molecule has 26 heavy (non-hydrogen) atoms. The molecule has 0 bridgehead atoms. The Kier molecular flexibility index (Phi) is 6.90. The van der Waals surface area contributed by atoms with Gasteiger partial charge in [0.1, 0.15) is 17.5 Å². The molecule has 3 rings (SSSR count). The van der Waals surface area contributed by atoms with E-state index in [1.807, 2.05) is 35.9 Å². The molecule has 0 aliphatic rings. The molecular formula is C18H20F2IN5. The van der Waals surface area contributed by atoms with Gasteiger partial charge in [0.15, 0.2) is 5.96 Å². The number of halogens is 3. The van der Waals surface area contributed by atoms with E-state index in [0.717, 1.165) is 29.0 Å². The average molecular weight is 471 g/mol. The summed E-state index contributed by atoms with van der Waals surface area (Å²) in [4.78, 5) is 8.67. The fraction of sp³-hybridized carbons (Fsp3) is 0.222.